The Hall–Kier alpha value is -2.81. The van der Waals surface area contributed by atoms with Gasteiger partial charge in [-0.05, 0) is 19.4 Å². The SMILES string of the molecule is CCC(C)(NC(=O)c1cc(C(=O)O)cc([N+](=O)[O-])c1)c1nccs1. The standard InChI is InChI=1S/C15H15N3O5S/c1-3-15(2,14-16-4-5-24-14)17-12(19)9-6-10(13(20)21)8-11(7-9)18(22)23/h4-8H,3H2,1-2H3,(H,17,19)(H,20,21). The molecule has 1 amide bonds. The zero-order valence-electron chi connectivity index (χ0n) is 13.0. The highest BCUT2D eigenvalue weighted by Crippen LogP contribution is 2.27. The first-order valence-corrected chi connectivity index (χ1v) is 7.90. The van der Waals surface area contributed by atoms with Crippen molar-refractivity contribution in [2.24, 2.45) is 0 Å². The van der Waals surface area contributed by atoms with Gasteiger partial charge in [0.25, 0.3) is 11.6 Å². The molecule has 1 unspecified atom stereocenters. The maximum atomic E-state index is 12.5. The van der Waals surface area contributed by atoms with Crippen molar-refractivity contribution in [3.8, 4) is 0 Å². The average Bonchev–Trinajstić information content (AvgIpc) is 3.09. The van der Waals surface area contributed by atoms with Crippen LogP contribution < -0.4 is 5.32 Å². The predicted octanol–water partition coefficient (Wildman–Crippen LogP) is 2.80. The van der Waals surface area contributed by atoms with Gasteiger partial charge in [0.2, 0.25) is 0 Å². The summed E-state index contributed by atoms with van der Waals surface area (Å²) in [5, 5.41) is 25.3. The fourth-order valence-electron chi connectivity index (χ4n) is 2.08. The van der Waals surface area contributed by atoms with Crippen LogP contribution in [-0.2, 0) is 5.54 Å². The van der Waals surface area contributed by atoms with E-state index in [4.69, 9.17) is 5.11 Å². The number of carboxylic acids is 1. The normalized spacial score (nSPS) is 13.1. The molecule has 0 aliphatic rings. The van der Waals surface area contributed by atoms with Gasteiger partial charge in [-0.2, -0.15) is 0 Å². The Balaban J connectivity index is 2.38. The molecule has 0 fully saturated rings. The number of rotatable bonds is 6. The minimum absolute atomic E-state index is 0.0853. The van der Waals surface area contributed by atoms with Gasteiger partial charge in [-0.25, -0.2) is 9.78 Å². The monoisotopic (exact) mass is 349 g/mol. The molecule has 0 aliphatic carbocycles. The van der Waals surface area contributed by atoms with Crippen molar-refractivity contribution in [2.45, 2.75) is 25.8 Å². The van der Waals surface area contributed by atoms with Crippen molar-refractivity contribution >= 4 is 28.9 Å². The van der Waals surface area contributed by atoms with Gasteiger partial charge in [-0.1, -0.05) is 6.92 Å². The van der Waals surface area contributed by atoms with Crippen molar-refractivity contribution < 1.29 is 19.6 Å². The summed E-state index contributed by atoms with van der Waals surface area (Å²) in [6.07, 6.45) is 2.17. The van der Waals surface area contributed by atoms with Crippen LogP contribution in [0.5, 0.6) is 0 Å². The minimum Gasteiger partial charge on any atom is -0.478 e. The van der Waals surface area contributed by atoms with Gasteiger partial charge in [-0.3, -0.25) is 14.9 Å². The molecule has 0 saturated heterocycles. The van der Waals surface area contributed by atoms with Gasteiger partial charge in [0.05, 0.1) is 16.0 Å². The number of nitrogens with zero attached hydrogens (tertiary/aromatic N) is 2. The number of benzene rings is 1. The molecule has 0 spiro atoms. The Morgan fingerprint density at radius 1 is 1.38 bits per heavy atom. The molecule has 1 atom stereocenters. The largest absolute Gasteiger partial charge is 0.478 e. The lowest BCUT2D eigenvalue weighted by Crippen LogP contribution is -2.43. The number of carbonyl (C=O) groups is 2. The van der Waals surface area contributed by atoms with Crippen molar-refractivity contribution in [1.29, 1.82) is 0 Å². The third-order valence-corrected chi connectivity index (χ3v) is 4.68. The van der Waals surface area contributed by atoms with E-state index in [-0.39, 0.29) is 11.1 Å². The van der Waals surface area contributed by atoms with E-state index in [2.05, 4.69) is 10.3 Å². The lowest BCUT2D eigenvalue weighted by Gasteiger charge is -2.27. The second-order valence-corrected chi connectivity index (χ2v) is 6.20. The second-order valence-electron chi connectivity index (χ2n) is 5.31. The maximum absolute atomic E-state index is 12.5. The quantitative estimate of drug-likeness (QED) is 0.611. The van der Waals surface area contributed by atoms with Gasteiger partial charge in [-0.15, -0.1) is 11.3 Å². The molecule has 8 nitrogen and oxygen atoms in total. The first kappa shape index (κ1) is 17.5. The molecule has 1 aromatic heterocycles. The summed E-state index contributed by atoms with van der Waals surface area (Å²) in [6.45, 7) is 3.66. The number of nitro groups is 1. The first-order chi connectivity index (χ1) is 11.3. The number of nitro benzene ring substituents is 1. The average molecular weight is 349 g/mol. The fourth-order valence-corrected chi connectivity index (χ4v) is 2.91. The molecule has 1 heterocycles. The number of aromatic carboxylic acids is 1. The summed E-state index contributed by atoms with van der Waals surface area (Å²) in [7, 11) is 0. The third kappa shape index (κ3) is 3.57. The summed E-state index contributed by atoms with van der Waals surface area (Å²) in [6, 6.07) is 3.08. The van der Waals surface area contributed by atoms with Crippen LogP contribution in [0.1, 0.15) is 46.0 Å². The van der Waals surface area contributed by atoms with Crippen molar-refractivity contribution in [1.82, 2.24) is 10.3 Å². The predicted molar refractivity (Wildman–Crippen MR) is 87.3 cm³/mol. The van der Waals surface area contributed by atoms with Gasteiger partial charge >= 0.3 is 5.97 Å². The Morgan fingerprint density at radius 2 is 2.04 bits per heavy atom. The molecule has 0 bridgehead atoms. The molecule has 24 heavy (non-hydrogen) atoms. The van der Waals surface area contributed by atoms with E-state index in [0.717, 1.165) is 18.2 Å². The van der Waals surface area contributed by atoms with Crippen molar-refractivity contribution in [3.63, 3.8) is 0 Å². The maximum Gasteiger partial charge on any atom is 0.335 e. The van der Waals surface area contributed by atoms with Crippen molar-refractivity contribution in [3.05, 3.63) is 56.0 Å². The van der Waals surface area contributed by atoms with Gasteiger partial charge in [0.1, 0.15) is 5.01 Å². The van der Waals surface area contributed by atoms with Gasteiger partial charge in [0.15, 0.2) is 0 Å². The highest BCUT2D eigenvalue weighted by molar-refractivity contribution is 7.09. The van der Waals surface area contributed by atoms with Crippen LogP contribution in [0.25, 0.3) is 0 Å². The molecule has 0 radical (unpaired) electrons. The Bertz CT molecular complexity index is 758. The van der Waals surface area contributed by atoms with Crippen LogP contribution in [0.15, 0.2) is 29.8 Å². The van der Waals surface area contributed by atoms with E-state index in [1.54, 1.807) is 18.5 Å². The second kappa shape index (κ2) is 6.75. The number of carbonyl (C=O) groups excluding carboxylic acids is 1. The molecule has 9 heteroatoms. The highest BCUT2D eigenvalue weighted by Gasteiger charge is 2.30. The fraction of sp³-hybridized carbons (Fsp3) is 0.267. The van der Waals surface area contributed by atoms with E-state index < -0.39 is 28.0 Å². The first-order valence-electron chi connectivity index (χ1n) is 7.02. The van der Waals surface area contributed by atoms with Crippen LogP contribution >= 0.6 is 11.3 Å². The zero-order valence-corrected chi connectivity index (χ0v) is 13.8. The number of carboxylic acid groups (broad SMARTS) is 1. The lowest BCUT2D eigenvalue weighted by atomic mass is 9.98. The van der Waals surface area contributed by atoms with Crippen LogP contribution in [-0.4, -0.2) is 26.9 Å². The molecular formula is C15H15N3O5S. The summed E-state index contributed by atoms with van der Waals surface area (Å²) >= 11 is 1.38. The highest BCUT2D eigenvalue weighted by atomic mass is 32.1. The smallest absolute Gasteiger partial charge is 0.335 e. The number of non-ortho nitro benzene ring substituents is 1. The van der Waals surface area contributed by atoms with Crippen LogP contribution in [0, 0.1) is 10.1 Å². The van der Waals surface area contributed by atoms with Gasteiger partial charge < -0.3 is 10.4 Å². The number of thiazole rings is 1. The lowest BCUT2D eigenvalue weighted by molar-refractivity contribution is -0.384. The molecule has 2 aromatic rings. The molecule has 2 N–H and O–H groups in total. The molecule has 126 valence electrons. The van der Waals surface area contributed by atoms with Crippen LogP contribution in [0.2, 0.25) is 0 Å². The van der Waals surface area contributed by atoms with Gasteiger partial charge in [0, 0.05) is 29.3 Å². The minimum atomic E-state index is -1.34. The van der Waals surface area contributed by atoms with E-state index in [1.807, 2.05) is 6.92 Å². The Labute approximate surface area is 141 Å². The number of hydrogen-bond donors (Lipinski definition) is 2. The van der Waals surface area contributed by atoms with E-state index in [0.29, 0.717) is 11.4 Å². The van der Waals surface area contributed by atoms with E-state index in [9.17, 15) is 19.7 Å². The summed E-state index contributed by atoms with van der Waals surface area (Å²) in [5.41, 5.74) is -1.61. The zero-order chi connectivity index (χ0) is 17.9. The number of amides is 1. The summed E-state index contributed by atoms with van der Waals surface area (Å²) < 4.78 is 0. The third-order valence-electron chi connectivity index (χ3n) is 3.64. The molecule has 1 aromatic carbocycles. The number of hydrogen-bond acceptors (Lipinski definition) is 6. The Morgan fingerprint density at radius 3 is 2.54 bits per heavy atom. The van der Waals surface area contributed by atoms with E-state index in [1.165, 1.54) is 11.3 Å². The molecule has 2 rings (SSSR count). The summed E-state index contributed by atoms with van der Waals surface area (Å²) in [4.78, 5) is 38.0. The number of aromatic nitrogens is 1. The van der Waals surface area contributed by atoms with Crippen molar-refractivity contribution in [2.75, 3.05) is 0 Å². The topological polar surface area (TPSA) is 122 Å². The number of nitrogens with one attached hydrogen (secondary N) is 1. The molecule has 0 aliphatic heterocycles. The Kier molecular flexibility index (Phi) is 4.93. The van der Waals surface area contributed by atoms with E-state index >= 15 is 0 Å². The van der Waals surface area contributed by atoms with Crippen LogP contribution in [0.4, 0.5) is 5.69 Å². The summed E-state index contributed by atoms with van der Waals surface area (Å²) in [5.74, 6) is -1.94. The molecule has 0 saturated carbocycles. The van der Waals surface area contributed by atoms with Crippen LogP contribution in [0.3, 0.4) is 0 Å². The molecular weight excluding hydrogens is 334 g/mol.